The van der Waals surface area contributed by atoms with Crippen molar-refractivity contribution in [3.8, 4) is 5.75 Å². The molecular weight excluding hydrogens is 246 g/mol. The molecule has 1 aliphatic carbocycles. The number of halogens is 1. The van der Waals surface area contributed by atoms with E-state index in [0.29, 0.717) is 19.1 Å². The molecule has 1 saturated carbocycles. The van der Waals surface area contributed by atoms with Crippen molar-refractivity contribution in [1.29, 1.82) is 0 Å². The van der Waals surface area contributed by atoms with Crippen LogP contribution in [0.3, 0.4) is 0 Å². The lowest BCUT2D eigenvalue weighted by Gasteiger charge is -2.29. The van der Waals surface area contributed by atoms with Crippen LogP contribution in [0.25, 0.3) is 0 Å². The zero-order valence-corrected chi connectivity index (χ0v) is 11.5. The van der Waals surface area contributed by atoms with Crippen LogP contribution in [0.2, 0.25) is 5.02 Å². The molecule has 2 rings (SSSR count). The summed E-state index contributed by atoms with van der Waals surface area (Å²) in [7, 11) is 0. The van der Waals surface area contributed by atoms with Crippen molar-refractivity contribution in [1.82, 2.24) is 0 Å². The lowest BCUT2D eigenvalue weighted by atomic mass is 9.80. The highest BCUT2D eigenvalue weighted by molar-refractivity contribution is 6.30. The molecule has 0 amide bonds. The fourth-order valence-corrected chi connectivity index (χ4v) is 2.94. The second-order valence-corrected chi connectivity index (χ2v) is 5.60. The Hall–Kier alpha value is -0.730. The molecule has 0 radical (unpaired) electrons. The Morgan fingerprint density at radius 1 is 1.28 bits per heavy atom. The molecule has 0 bridgehead atoms. The normalized spacial score (nSPS) is 18.6. The standard InChI is InChI=1S/C15H22ClNO/c16-14-7-4-8-15(9-14)18-11-13(10-17)12-5-2-1-3-6-12/h4,7-9,12-13H,1-3,5-6,10-11,17H2. The van der Waals surface area contributed by atoms with E-state index in [0.717, 1.165) is 16.7 Å². The minimum Gasteiger partial charge on any atom is -0.493 e. The molecule has 0 heterocycles. The van der Waals surface area contributed by atoms with Crippen molar-refractivity contribution in [2.75, 3.05) is 13.2 Å². The van der Waals surface area contributed by atoms with E-state index in [9.17, 15) is 0 Å². The van der Waals surface area contributed by atoms with Crippen LogP contribution in [0.5, 0.6) is 5.75 Å². The lowest BCUT2D eigenvalue weighted by Crippen LogP contribution is -2.30. The van der Waals surface area contributed by atoms with Gasteiger partial charge in [-0.3, -0.25) is 0 Å². The van der Waals surface area contributed by atoms with Crippen LogP contribution in [0.15, 0.2) is 24.3 Å². The van der Waals surface area contributed by atoms with Crippen LogP contribution < -0.4 is 10.5 Å². The molecule has 1 unspecified atom stereocenters. The zero-order valence-electron chi connectivity index (χ0n) is 10.8. The molecule has 1 fully saturated rings. The molecule has 0 aliphatic heterocycles. The molecule has 2 N–H and O–H groups in total. The molecular formula is C15H22ClNO. The third-order valence-electron chi connectivity index (χ3n) is 3.88. The molecule has 1 atom stereocenters. The first-order chi connectivity index (χ1) is 8.79. The number of benzene rings is 1. The number of ether oxygens (including phenoxy) is 1. The maximum absolute atomic E-state index is 5.94. The van der Waals surface area contributed by atoms with E-state index in [-0.39, 0.29) is 0 Å². The summed E-state index contributed by atoms with van der Waals surface area (Å²) in [6.07, 6.45) is 6.68. The highest BCUT2D eigenvalue weighted by Gasteiger charge is 2.23. The number of hydrogen-bond donors (Lipinski definition) is 1. The summed E-state index contributed by atoms with van der Waals surface area (Å²) in [6, 6.07) is 7.57. The summed E-state index contributed by atoms with van der Waals surface area (Å²) >= 11 is 5.94. The van der Waals surface area contributed by atoms with Crippen LogP contribution in [0, 0.1) is 11.8 Å². The predicted molar refractivity (Wildman–Crippen MR) is 76.1 cm³/mol. The topological polar surface area (TPSA) is 35.2 Å². The fraction of sp³-hybridized carbons (Fsp3) is 0.600. The van der Waals surface area contributed by atoms with Gasteiger partial charge in [0.2, 0.25) is 0 Å². The van der Waals surface area contributed by atoms with E-state index in [1.54, 1.807) is 0 Å². The van der Waals surface area contributed by atoms with Gasteiger partial charge >= 0.3 is 0 Å². The molecule has 2 nitrogen and oxygen atoms in total. The quantitative estimate of drug-likeness (QED) is 0.879. The molecule has 100 valence electrons. The molecule has 0 saturated heterocycles. The SMILES string of the molecule is NCC(COc1cccc(Cl)c1)C1CCCCC1. The first-order valence-electron chi connectivity index (χ1n) is 6.88. The van der Waals surface area contributed by atoms with Gasteiger partial charge in [-0.05, 0) is 30.7 Å². The fourth-order valence-electron chi connectivity index (χ4n) is 2.76. The first kappa shape index (κ1) is 13.7. The van der Waals surface area contributed by atoms with E-state index in [2.05, 4.69) is 0 Å². The van der Waals surface area contributed by atoms with E-state index in [1.165, 1.54) is 32.1 Å². The second kappa shape index (κ2) is 7.01. The Bertz CT molecular complexity index is 363. The Morgan fingerprint density at radius 2 is 2.06 bits per heavy atom. The Balaban J connectivity index is 1.86. The van der Waals surface area contributed by atoms with Crippen molar-refractivity contribution in [2.45, 2.75) is 32.1 Å². The number of rotatable bonds is 5. The van der Waals surface area contributed by atoms with Gasteiger partial charge in [0.15, 0.2) is 0 Å². The van der Waals surface area contributed by atoms with Gasteiger partial charge in [-0.2, -0.15) is 0 Å². The van der Waals surface area contributed by atoms with Gasteiger partial charge in [-0.25, -0.2) is 0 Å². The summed E-state index contributed by atoms with van der Waals surface area (Å²) in [5.74, 6) is 2.06. The van der Waals surface area contributed by atoms with Gasteiger partial charge in [0.25, 0.3) is 0 Å². The van der Waals surface area contributed by atoms with Crippen LogP contribution in [-0.2, 0) is 0 Å². The van der Waals surface area contributed by atoms with Gasteiger partial charge in [0.05, 0.1) is 6.61 Å². The summed E-state index contributed by atoms with van der Waals surface area (Å²) in [6.45, 7) is 1.42. The average Bonchev–Trinajstić information content (AvgIpc) is 2.41. The van der Waals surface area contributed by atoms with E-state index in [1.807, 2.05) is 24.3 Å². The largest absolute Gasteiger partial charge is 0.493 e. The summed E-state index contributed by atoms with van der Waals surface area (Å²) in [4.78, 5) is 0. The number of hydrogen-bond acceptors (Lipinski definition) is 2. The number of nitrogens with two attached hydrogens (primary N) is 1. The maximum Gasteiger partial charge on any atom is 0.120 e. The summed E-state index contributed by atoms with van der Waals surface area (Å²) in [5.41, 5.74) is 5.89. The van der Waals surface area contributed by atoms with Crippen molar-refractivity contribution in [2.24, 2.45) is 17.6 Å². The maximum atomic E-state index is 5.94. The van der Waals surface area contributed by atoms with Gasteiger partial charge < -0.3 is 10.5 Å². The van der Waals surface area contributed by atoms with Crippen LogP contribution in [-0.4, -0.2) is 13.2 Å². The third-order valence-corrected chi connectivity index (χ3v) is 4.11. The van der Waals surface area contributed by atoms with Gasteiger partial charge in [0, 0.05) is 10.9 Å². The van der Waals surface area contributed by atoms with Gasteiger partial charge in [0.1, 0.15) is 5.75 Å². The molecule has 1 aromatic rings. The Morgan fingerprint density at radius 3 is 2.72 bits per heavy atom. The van der Waals surface area contributed by atoms with Crippen LogP contribution in [0.4, 0.5) is 0 Å². The van der Waals surface area contributed by atoms with Crippen LogP contribution >= 0.6 is 11.6 Å². The molecule has 1 aromatic carbocycles. The van der Waals surface area contributed by atoms with Crippen molar-refractivity contribution < 1.29 is 4.74 Å². The zero-order chi connectivity index (χ0) is 12.8. The van der Waals surface area contributed by atoms with E-state index < -0.39 is 0 Å². The lowest BCUT2D eigenvalue weighted by molar-refractivity contribution is 0.167. The van der Waals surface area contributed by atoms with E-state index >= 15 is 0 Å². The minimum absolute atomic E-state index is 0.476. The molecule has 18 heavy (non-hydrogen) atoms. The second-order valence-electron chi connectivity index (χ2n) is 5.16. The van der Waals surface area contributed by atoms with Gasteiger partial charge in [-0.1, -0.05) is 49.8 Å². The van der Waals surface area contributed by atoms with E-state index in [4.69, 9.17) is 22.1 Å². The Labute approximate surface area is 114 Å². The smallest absolute Gasteiger partial charge is 0.120 e. The summed E-state index contributed by atoms with van der Waals surface area (Å²) < 4.78 is 5.83. The third kappa shape index (κ3) is 3.89. The average molecular weight is 268 g/mol. The van der Waals surface area contributed by atoms with Gasteiger partial charge in [-0.15, -0.1) is 0 Å². The van der Waals surface area contributed by atoms with Crippen LogP contribution in [0.1, 0.15) is 32.1 Å². The highest BCUT2D eigenvalue weighted by Crippen LogP contribution is 2.30. The monoisotopic (exact) mass is 267 g/mol. The minimum atomic E-state index is 0.476. The van der Waals surface area contributed by atoms with Crippen molar-refractivity contribution in [3.63, 3.8) is 0 Å². The molecule has 3 heteroatoms. The Kier molecular flexibility index (Phi) is 5.33. The molecule has 0 spiro atoms. The molecule has 1 aliphatic rings. The predicted octanol–water partition coefficient (Wildman–Crippen LogP) is 3.87. The molecule has 0 aromatic heterocycles. The first-order valence-corrected chi connectivity index (χ1v) is 7.26. The highest BCUT2D eigenvalue weighted by atomic mass is 35.5. The summed E-state index contributed by atoms with van der Waals surface area (Å²) in [5, 5.41) is 0.717. The van der Waals surface area contributed by atoms with Crippen molar-refractivity contribution in [3.05, 3.63) is 29.3 Å². The van der Waals surface area contributed by atoms with Crippen molar-refractivity contribution >= 4 is 11.6 Å².